The third-order valence-electron chi connectivity index (χ3n) is 14.4. The van der Waals surface area contributed by atoms with Gasteiger partial charge in [-0.1, -0.05) is 188 Å². The molecular formula is C62H39NOS. The zero-order chi connectivity index (χ0) is 42.7. The maximum Gasteiger partial charge on any atom is 0.132 e. The number of fused-ring (bicyclic) bond motifs is 18. The Bertz CT molecular complexity index is 3290. The zero-order valence-electron chi connectivity index (χ0n) is 35.3. The second-order valence-electron chi connectivity index (χ2n) is 17.5. The molecule has 2 nitrogen and oxygen atoms in total. The molecule has 2 aliphatic carbocycles. The SMILES string of the molecule is c1ccc(-c2ccc(N(c3ccc4c(c3)C3(c5ccccc5O4)c4ccccc4-c4ccccc43)c3ccc4c(c3)C3(c5ccccc5S4)c4ccccc4-c4ccccc43)cc2)cc1. The van der Waals surface area contributed by atoms with Crippen LogP contribution < -0.4 is 9.64 Å². The van der Waals surface area contributed by atoms with Crippen molar-refractivity contribution in [1.82, 2.24) is 0 Å². The van der Waals surface area contributed by atoms with Crippen LogP contribution in [0.5, 0.6) is 11.5 Å². The van der Waals surface area contributed by atoms with Crippen LogP contribution in [-0.2, 0) is 10.8 Å². The summed E-state index contributed by atoms with van der Waals surface area (Å²) in [5.74, 6) is 1.76. The molecule has 2 heterocycles. The lowest BCUT2D eigenvalue weighted by Crippen LogP contribution is -2.32. The van der Waals surface area contributed by atoms with E-state index in [9.17, 15) is 0 Å². The van der Waals surface area contributed by atoms with E-state index in [4.69, 9.17) is 4.74 Å². The fourth-order valence-corrected chi connectivity index (χ4v) is 13.0. The van der Waals surface area contributed by atoms with Gasteiger partial charge in [-0.15, -0.1) is 0 Å². The van der Waals surface area contributed by atoms with Gasteiger partial charge in [-0.05, 0) is 127 Å². The molecule has 10 aromatic carbocycles. The van der Waals surface area contributed by atoms with E-state index in [-0.39, 0.29) is 0 Å². The van der Waals surface area contributed by atoms with E-state index in [1.54, 1.807) is 0 Å². The zero-order valence-corrected chi connectivity index (χ0v) is 36.1. The largest absolute Gasteiger partial charge is 0.457 e. The molecule has 0 saturated carbocycles. The van der Waals surface area contributed by atoms with Gasteiger partial charge >= 0.3 is 0 Å². The molecule has 10 aromatic rings. The van der Waals surface area contributed by atoms with Crippen LogP contribution in [0.4, 0.5) is 17.1 Å². The topological polar surface area (TPSA) is 12.5 Å². The molecule has 304 valence electrons. The van der Waals surface area contributed by atoms with Gasteiger partial charge in [0.2, 0.25) is 0 Å². The van der Waals surface area contributed by atoms with E-state index in [0.717, 1.165) is 39.7 Å². The van der Waals surface area contributed by atoms with Crippen LogP contribution >= 0.6 is 11.8 Å². The number of para-hydroxylation sites is 1. The molecule has 0 radical (unpaired) electrons. The first-order chi connectivity index (χ1) is 32.2. The van der Waals surface area contributed by atoms with Crippen molar-refractivity contribution in [3.8, 4) is 44.9 Å². The van der Waals surface area contributed by atoms with Gasteiger partial charge in [0, 0.05) is 38.0 Å². The van der Waals surface area contributed by atoms with Crippen LogP contribution in [-0.4, -0.2) is 0 Å². The molecule has 0 bridgehead atoms. The molecule has 0 atom stereocenters. The van der Waals surface area contributed by atoms with Gasteiger partial charge in [0.25, 0.3) is 0 Å². The summed E-state index contributed by atoms with van der Waals surface area (Å²) >= 11 is 1.88. The van der Waals surface area contributed by atoms with Crippen LogP contribution in [0, 0.1) is 0 Å². The van der Waals surface area contributed by atoms with Gasteiger partial charge in [-0.3, -0.25) is 0 Å². The lowest BCUT2D eigenvalue weighted by molar-refractivity contribution is 0.436. The van der Waals surface area contributed by atoms with Gasteiger partial charge in [-0.25, -0.2) is 0 Å². The summed E-state index contributed by atoms with van der Waals surface area (Å²) in [5.41, 5.74) is 19.8. The first-order valence-electron chi connectivity index (χ1n) is 22.4. The Kier molecular flexibility index (Phi) is 7.79. The van der Waals surface area contributed by atoms with Gasteiger partial charge in [0.05, 0.1) is 10.8 Å². The minimum atomic E-state index is -0.590. The Hall–Kier alpha value is -7.85. The molecule has 3 heteroatoms. The predicted molar refractivity (Wildman–Crippen MR) is 265 cm³/mol. The van der Waals surface area contributed by atoms with E-state index < -0.39 is 10.8 Å². The summed E-state index contributed by atoms with van der Waals surface area (Å²) in [6, 6.07) is 87.5. The second kappa shape index (κ2) is 13.8. The smallest absolute Gasteiger partial charge is 0.132 e. The first kappa shape index (κ1) is 36.6. The molecule has 0 saturated heterocycles. The lowest BCUT2D eigenvalue weighted by Gasteiger charge is -2.41. The van der Waals surface area contributed by atoms with Crippen LogP contribution in [0.15, 0.2) is 246 Å². The number of hydrogen-bond donors (Lipinski definition) is 0. The number of hydrogen-bond acceptors (Lipinski definition) is 3. The number of benzene rings is 10. The molecule has 4 aliphatic rings. The molecule has 0 amide bonds. The minimum absolute atomic E-state index is 0.502. The normalized spacial score (nSPS) is 14.5. The third kappa shape index (κ3) is 4.96. The number of rotatable bonds is 4. The maximum atomic E-state index is 6.92. The summed E-state index contributed by atoms with van der Waals surface area (Å²) in [4.78, 5) is 5.03. The van der Waals surface area contributed by atoms with Gasteiger partial charge in [0.1, 0.15) is 11.5 Å². The Morgan fingerprint density at radius 1 is 0.292 bits per heavy atom. The van der Waals surface area contributed by atoms with Crippen LogP contribution in [0.2, 0.25) is 0 Å². The van der Waals surface area contributed by atoms with Crippen LogP contribution in [0.1, 0.15) is 44.5 Å². The van der Waals surface area contributed by atoms with Crippen LogP contribution in [0.25, 0.3) is 33.4 Å². The number of ether oxygens (including phenoxy) is 1. The van der Waals surface area contributed by atoms with Gasteiger partial charge in [-0.2, -0.15) is 0 Å². The highest BCUT2D eigenvalue weighted by atomic mass is 32.2. The minimum Gasteiger partial charge on any atom is -0.457 e. The van der Waals surface area contributed by atoms with Gasteiger partial charge in [0.15, 0.2) is 0 Å². The van der Waals surface area contributed by atoms with E-state index in [1.807, 2.05) is 11.8 Å². The van der Waals surface area contributed by atoms with Crippen LogP contribution in [0.3, 0.4) is 0 Å². The van der Waals surface area contributed by atoms with Crippen molar-refractivity contribution in [2.24, 2.45) is 0 Å². The Morgan fingerprint density at radius 3 is 1.32 bits per heavy atom. The molecular weight excluding hydrogens is 807 g/mol. The monoisotopic (exact) mass is 845 g/mol. The summed E-state index contributed by atoms with van der Waals surface area (Å²) in [6.45, 7) is 0. The van der Waals surface area contributed by atoms with Crippen molar-refractivity contribution >= 4 is 28.8 Å². The molecule has 2 spiro atoms. The average molecular weight is 846 g/mol. The van der Waals surface area contributed by atoms with Crippen molar-refractivity contribution < 1.29 is 4.74 Å². The number of anilines is 3. The van der Waals surface area contributed by atoms with Crippen molar-refractivity contribution in [3.63, 3.8) is 0 Å². The summed E-state index contributed by atoms with van der Waals surface area (Å²) in [6.07, 6.45) is 0. The quantitative estimate of drug-likeness (QED) is 0.175. The average Bonchev–Trinajstić information content (AvgIpc) is 3.83. The van der Waals surface area contributed by atoms with Crippen molar-refractivity contribution in [2.45, 2.75) is 20.6 Å². The molecule has 2 aliphatic heterocycles. The standard InChI is InChI=1S/C62H39NOS/c1-2-16-40(17-3-1)41-30-32-42(33-31-41)63(43-34-36-58-55(38-43)61(53-26-12-14-28-57(53)64-58)49-22-8-4-18-45(49)46-19-5-9-23-50(46)61)44-35-37-60-56(39-44)62(54-27-13-15-29-59(54)65-60)51-24-10-6-20-47(51)48-21-7-11-25-52(48)62/h1-39H. The highest BCUT2D eigenvalue weighted by Crippen LogP contribution is 2.65. The lowest BCUT2D eigenvalue weighted by atomic mass is 9.66. The van der Waals surface area contributed by atoms with Crippen molar-refractivity contribution in [1.29, 1.82) is 0 Å². The fourth-order valence-electron chi connectivity index (χ4n) is 11.8. The van der Waals surface area contributed by atoms with E-state index in [1.165, 1.54) is 76.6 Å². The second-order valence-corrected chi connectivity index (χ2v) is 18.6. The first-order valence-corrected chi connectivity index (χ1v) is 23.2. The Morgan fingerprint density at radius 2 is 0.708 bits per heavy atom. The van der Waals surface area contributed by atoms with Crippen molar-refractivity contribution in [2.75, 3.05) is 4.90 Å². The van der Waals surface area contributed by atoms with E-state index in [2.05, 4.69) is 241 Å². The molecule has 0 N–H and O–H groups in total. The Balaban J connectivity index is 1.03. The highest BCUT2D eigenvalue weighted by molar-refractivity contribution is 7.99. The summed E-state index contributed by atoms with van der Waals surface area (Å²) in [5, 5.41) is 0. The maximum absolute atomic E-state index is 6.92. The van der Waals surface area contributed by atoms with E-state index in [0.29, 0.717) is 0 Å². The van der Waals surface area contributed by atoms with Crippen molar-refractivity contribution in [3.05, 3.63) is 281 Å². The predicted octanol–water partition coefficient (Wildman–Crippen LogP) is 16.1. The van der Waals surface area contributed by atoms with Gasteiger partial charge < -0.3 is 9.64 Å². The highest BCUT2D eigenvalue weighted by Gasteiger charge is 2.52. The fraction of sp³-hybridized carbons (Fsp3) is 0.0323. The molecule has 0 fully saturated rings. The van der Waals surface area contributed by atoms with E-state index >= 15 is 0 Å². The molecule has 14 rings (SSSR count). The third-order valence-corrected chi connectivity index (χ3v) is 15.6. The molecule has 0 aromatic heterocycles. The summed E-state index contributed by atoms with van der Waals surface area (Å²) < 4.78 is 6.92. The Labute approximate surface area is 383 Å². The number of nitrogens with zero attached hydrogens (tertiary/aromatic N) is 1. The summed E-state index contributed by atoms with van der Waals surface area (Å²) in [7, 11) is 0. The molecule has 65 heavy (non-hydrogen) atoms. The molecule has 0 unspecified atom stereocenters.